The van der Waals surface area contributed by atoms with Crippen LogP contribution in [-0.4, -0.2) is 82.5 Å². The number of fused-ring (bicyclic) bond motifs is 1. The first-order valence-corrected chi connectivity index (χ1v) is 17.2. The van der Waals surface area contributed by atoms with E-state index in [-0.39, 0.29) is 17.7 Å². The minimum absolute atomic E-state index is 0.0178. The Bertz CT molecular complexity index is 1570. The van der Waals surface area contributed by atoms with Crippen LogP contribution < -0.4 is 14.8 Å². The quantitative estimate of drug-likeness (QED) is 0.220. The zero-order chi connectivity index (χ0) is 30.8. The Morgan fingerprint density at radius 1 is 1.09 bits per heavy atom. The Hall–Kier alpha value is -4.23. The van der Waals surface area contributed by atoms with E-state index in [1.165, 1.54) is 4.90 Å². The highest BCUT2D eigenvalue weighted by molar-refractivity contribution is 6.74. The van der Waals surface area contributed by atoms with Crippen LogP contribution in [0.5, 0.6) is 11.5 Å². The van der Waals surface area contributed by atoms with E-state index in [0.29, 0.717) is 37.0 Å². The SMILES string of the molecule is COc1ccc(Cn2nnc(C(COc3ccc4nc(NC5CN(C(=O)O)C5)ccc4c3)O[Si](C)(C)C(C)(C)C)n2)cc1. The van der Waals surface area contributed by atoms with Crippen LogP contribution in [0.25, 0.3) is 10.9 Å². The number of carboxylic acid groups (broad SMARTS) is 1. The number of nitrogens with one attached hydrogen (secondary N) is 1. The number of rotatable bonds is 11. The van der Waals surface area contributed by atoms with Crippen molar-refractivity contribution in [1.29, 1.82) is 0 Å². The molecule has 4 aromatic rings. The van der Waals surface area contributed by atoms with E-state index in [0.717, 1.165) is 22.2 Å². The monoisotopic (exact) mass is 605 g/mol. The van der Waals surface area contributed by atoms with Gasteiger partial charge in [-0.25, -0.2) is 9.78 Å². The molecule has 0 bridgehead atoms. The molecule has 2 N–H and O–H groups in total. The molecule has 0 radical (unpaired) electrons. The van der Waals surface area contributed by atoms with Gasteiger partial charge in [-0.15, -0.1) is 10.2 Å². The zero-order valence-corrected chi connectivity index (χ0v) is 26.4. The number of anilines is 1. The Kier molecular flexibility index (Phi) is 8.56. The summed E-state index contributed by atoms with van der Waals surface area (Å²) in [7, 11) is -0.559. The van der Waals surface area contributed by atoms with Crippen LogP contribution in [0.3, 0.4) is 0 Å². The second-order valence-corrected chi connectivity index (χ2v) is 17.0. The van der Waals surface area contributed by atoms with Crippen molar-refractivity contribution in [3.05, 3.63) is 66.0 Å². The third-order valence-corrected chi connectivity index (χ3v) is 12.5. The fourth-order valence-corrected chi connectivity index (χ4v) is 5.66. The van der Waals surface area contributed by atoms with E-state index in [4.69, 9.17) is 19.0 Å². The molecule has 1 saturated heterocycles. The molecule has 2 aromatic carbocycles. The predicted octanol–water partition coefficient (Wildman–Crippen LogP) is 5.19. The summed E-state index contributed by atoms with van der Waals surface area (Å²) in [5, 5.41) is 26.6. The lowest BCUT2D eigenvalue weighted by molar-refractivity contribution is 0.108. The number of hydrogen-bond acceptors (Lipinski definition) is 9. The maximum absolute atomic E-state index is 11.0. The van der Waals surface area contributed by atoms with Crippen molar-refractivity contribution < 1.29 is 23.8 Å². The third kappa shape index (κ3) is 7.23. The molecule has 228 valence electrons. The molecule has 1 fully saturated rings. The van der Waals surface area contributed by atoms with E-state index in [1.54, 1.807) is 11.9 Å². The molecule has 0 aliphatic carbocycles. The molecule has 43 heavy (non-hydrogen) atoms. The Balaban J connectivity index is 1.28. The summed E-state index contributed by atoms with van der Waals surface area (Å²) >= 11 is 0. The molecule has 1 aliphatic rings. The fourth-order valence-electron chi connectivity index (χ4n) is 4.42. The van der Waals surface area contributed by atoms with Gasteiger partial charge in [0.15, 0.2) is 8.32 Å². The smallest absolute Gasteiger partial charge is 0.407 e. The zero-order valence-electron chi connectivity index (χ0n) is 25.4. The van der Waals surface area contributed by atoms with E-state index in [1.807, 2.05) is 54.6 Å². The number of tetrazole rings is 1. The summed E-state index contributed by atoms with van der Waals surface area (Å²) in [4.78, 5) is 18.6. The Morgan fingerprint density at radius 2 is 1.81 bits per heavy atom. The van der Waals surface area contributed by atoms with Gasteiger partial charge in [-0.3, -0.25) is 0 Å². The summed E-state index contributed by atoms with van der Waals surface area (Å²) in [6.07, 6.45) is -1.40. The van der Waals surface area contributed by atoms with Crippen LogP contribution in [0, 0.1) is 0 Å². The first-order chi connectivity index (χ1) is 20.4. The predicted molar refractivity (Wildman–Crippen MR) is 165 cm³/mol. The van der Waals surface area contributed by atoms with Crippen molar-refractivity contribution in [2.75, 3.05) is 32.1 Å². The maximum Gasteiger partial charge on any atom is 0.407 e. The third-order valence-electron chi connectivity index (χ3n) is 8.05. The number of ether oxygens (including phenoxy) is 2. The number of carbonyl (C=O) groups is 1. The average molecular weight is 606 g/mol. The maximum atomic E-state index is 11.0. The minimum Gasteiger partial charge on any atom is -0.497 e. The van der Waals surface area contributed by atoms with Crippen LogP contribution in [0.2, 0.25) is 18.1 Å². The molecule has 1 atom stereocenters. The van der Waals surface area contributed by atoms with Crippen LogP contribution in [0.4, 0.5) is 10.6 Å². The van der Waals surface area contributed by atoms with Crippen molar-refractivity contribution in [2.24, 2.45) is 0 Å². The van der Waals surface area contributed by atoms with Crippen molar-refractivity contribution in [1.82, 2.24) is 30.1 Å². The molecule has 0 spiro atoms. The summed E-state index contributed by atoms with van der Waals surface area (Å²) in [5.74, 6) is 2.66. The minimum atomic E-state index is -2.20. The van der Waals surface area contributed by atoms with E-state index in [2.05, 4.69) is 59.6 Å². The number of likely N-dealkylation sites (tertiary alicyclic amines) is 1. The number of hydrogen-bond donors (Lipinski definition) is 2. The lowest BCUT2D eigenvalue weighted by atomic mass is 10.1. The van der Waals surface area contributed by atoms with Crippen LogP contribution in [-0.2, 0) is 11.0 Å². The molecule has 1 aliphatic heterocycles. The van der Waals surface area contributed by atoms with Gasteiger partial charge >= 0.3 is 6.09 Å². The second-order valence-electron chi connectivity index (χ2n) is 12.3. The first kappa shape index (κ1) is 30.2. The summed E-state index contributed by atoms with van der Waals surface area (Å²) in [6, 6.07) is 17.4. The topological polar surface area (TPSA) is 137 Å². The molecule has 1 unspecified atom stereocenters. The number of pyridine rings is 1. The number of amides is 1. The number of nitrogens with zero attached hydrogens (tertiary/aromatic N) is 6. The van der Waals surface area contributed by atoms with Crippen LogP contribution in [0.15, 0.2) is 54.6 Å². The highest BCUT2D eigenvalue weighted by atomic mass is 28.4. The lowest BCUT2D eigenvalue weighted by Gasteiger charge is -2.38. The normalized spacial score (nSPS) is 14.8. The molecule has 1 amide bonds. The molecule has 3 heterocycles. The van der Waals surface area contributed by atoms with E-state index in [9.17, 15) is 4.79 Å². The fraction of sp³-hybridized carbons (Fsp3) is 0.433. The standard InChI is InChI=1S/C30H39N7O5Si/c1-30(2,3)43(5,6)42-26(28-33-35-37(34-28)16-20-7-10-23(40-4)11-8-20)19-41-24-12-13-25-21(15-24)9-14-27(32-25)31-22-17-36(18-22)29(38)39/h7-15,22,26H,16-19H2,1-6H3,(H,31,32)(H,38,39). The Morgan fingerprint density at radius 3 is 2.49 bits per heavy atom. The molecule has 12 nitrogen and oxygen atoms in total. The van der Waals surface area contributed by atoms with Gasteiger partial charge in [0.25, 0.3) is 0 Å². The highest BCUT2D eigenvalue weighted by Crippen LogP contribution is 2.39. The summed E-state index contributed by atoms with van der Waals surface area (Å²) in [5.41, 5.74) is 1.84. The summed E-state index contributed by atoms with van der Waals surface area (Å²) < 4.78 is 18.3. The van der Waals surface area contributed by atoms with Gasteiger partial charge in [-0.1, -0.05) is 32.9 Å². The van der Waals surface area contributed by atoms with Crippen LogP contribution in [0.1, 0.15) is 38.3 Å². The molecule has 13 heteroatoms. The van der Waals surface area contributed by atoms with Gasteiger partial charge in [0.2, 0.25) is 5.82 Å². The number of benzene rings is 2. The average Bonchev–Trinajstić information content (AvgIpc) is 3.40. The van der Waals surface area contributed by atoms with Gasteiger partial charge in [0.1, 0.15) is 30.0 Å². The molecular weight excluding hydrogens is 566 g/mol. The highest BCUT2D eigenvalue weighted by Gasteiger charge is 2.40. The molecule has 2 aromatic heterocycles. The number of aromatic nitrogens is 5. The van der Waals surface area contributed by atoms with E-state index < -0.39 is 20.5 Å². The first-order valence-electron chi connectivity index (χ1n) is 14.3. The molecule has 5 rings (SSSR count). The van der Waals surface area contributed by atoms with E-state index >= 15 is 0 Å². The number of methoxy groups -OCH3 is 1. The second kappa shape index (κ2) is 12.2. The van der Waals surface area contributed by atoms with Crippen molar-refractivity contribution in [3.63, 3.8) is 0 Å². The van der Waals surface area contributed by atoms with Crippen molar-refractivity contribution >= 4 is 31.1 Å². The van der Waals surface area contributed by atoms with Gasteiger partial charge < -0.3 is 29.2 Å². The van der Waals surface area contributed by atoms with Crippen LogP contribution >= 0.6 is 0 Å². The van der Waals surface area contributed by atoms with Gasteiger partial charge in [-0.2, -0.15) is 4.80 Å². The largest absolute Gasteiger partial charge is 0.497 e. The Labute approximate surface area is 252 Å². The molecule has 0 saturated carbocycles. The molecular formula is C30H39N7O5Si. The van der Waals surface area contributed by atoms with Crippen molar-refractivity contribution in [2.45, 2.75) is 57.6 Å². The van der Waals surface area contributed by atoms with Gasteiger partial charge in [0.05, 0.1) is 25.2 Å². The van der Waals surface area contributed by atoms with Crippen molar-refractivity contribution in [3.8, 4) is 11.5 Å². The summed E-state index contributed by atoms with van der Waals surface area (Å²) in [6.45, 7) is 12.6. The lowest BCUT2D eigenvalue weighted by Crippen LogP contribution is -2.56. The van der Waals surface area contributed by atoms with Gasteiger partial charge in [0, 0.05) is 18.5 Å². The van der Waals surface area contributed by atoms with Gasteiger partial charge in [-0.05, 0) is 71.4 Å².